The topological polar surface area (TPSA) is 49.3 Å². The van der Waals surface area contributed by atoms with Crippen LogP contribution >= 0.6 is 0 Å². The molecule has 0 spiro atoms. The number of hydrogen-bond acceptors (Lipinski definition) is 2. The van der Waals surface area contributed by atoms with Gasteiger partial charge in [-0.2, -0.15) is 13.2 Å². The number of aliphatic hydroxyl groups is 1. The Balaban J connectivity index is 2.64. The first-order chi connectivity index (χ1) is 11.3. The van der Waals surface area contributed by atoms with Crippen LogP contribution in [0.25, 0.3) is 0 Å². The molecule has 0 fully saturated rings. The molecule has 0 saturated heterocycles. The van der Waals surface area contributed by atoms with Crippen molar-refractivity contribution >= 4 is 5.91 Å². The van der Waals surface area contributed by atoms with Crippen molar-refractivity contribution in [3.05, 3.63) is 35.4 Å². The number of benzene rings is 1. The molecule has 1 unspecified atom stereocenters. The van der Waals surface area contributed by atoms with Crippen LogP contribution in [0.2, 0.25) is 0 Å². The Morgan fingerprint density at radius 3 is 2.40 bits per heavy atom. The lowest BCUT2D eigenvalue weighted by Gasteiger charge is -2.32. The standard InChI is InChI=1S/C19H24F3NO2/c1-17(2,3)18(4,25)11-10-15-8-5-7-14(13-15)9-6-12-23-16(24)19(20,21)22/h5,7-8,13,25H,6,9,12H2,1-4H3,(H,23,24). The molecular formula is C19H24F3NO2. The first kappa shape index (κ1) is 21.0. The number of halogens is 3. The lowest BCUT2D eigenvalue weighted by molar-refractivity contribution is -0.173. The Labute approximate surface area is 146 Å². The van der Waals surface area contributed by atoms with Gasteiger partial charge in [-0.3, -0.25) is 4.79 Å². The van der Waals surface area contributed by atoms with Crippen LogP contribution in [0.4, 0.5) is 13.2 Å². The minimum absolute atomic E-state index is 0.0486. The van der Waals surface area contributed by atoms with Crippen LogP contribution in [0.15, 0.2) is 24.3 Å². The van der Waals surface area contributed by atoms with Crippen molar-refractivity contribution in [2.75, 3.05) is 6.54 Å². The predicted molar refractivity (Wildman–Crippen MR) is 90.8 cm³/mol. The summed E-state index contributed by atoms with van der Waals surface area (Å²) in [6, 6.07) is 7.29. The minimum Gasteiger partial charge on any atom is -0.377 e. The Kier molecular flexibility index (Phi) is 6.67. The summed E-state index contributed by atoms with van der Waals surface area (Å²) in [7, 11) is 0. The molecule has 1 aromatic carbocycles. The molecule has 0 saturated carbocycles. The fourth-order valence-corrected chi connectivity index (χ4v) is 1.78. The zero-order chi connectivity index (χ0) is 19.3. The van der Waals surface area contributed by atoms with Gasteiger partial charge in [0.15, 0.2) is 0 Å². The van der Waals surface area contributed by atoms with E-state index in [9.17, 15) is 23.1 Å². The zero-order valence-corrected chi connectivity index (χ0v) is 14.9. The highest BCUT2D eigenvalue weighted by Gasteiger charge is 2.38. The van der Waals surface area contributed by atoms with Gasteiger partial charge in [0.05, 0.1) is 0 Å². The molecule has 0 bridgehead atoms. The first-order valence-corrected chi connectivity index (χ1v) is 8.02. The normalized spacial score (nSPS) is 14.2. The molecule has 0 aliphatic rings. The van der Waals surface area contributed by atoms with E-state index in [0.717, 1.165) is 11.1 Å². The average Bonchev–Trinajstić information content (AvgIpc) is 2.48. The van der Waals surface area contributed by atoms with Crippen molar-refractivity contribution in [3.8, 4) is 11.8 Å². The Morgan fingerprint density at radius 2 is 1.84 bits per heavy atom. The number of carbonyl (C=O) groups is 1. The lowest BCUT2D eigenvalue weighted by Crippen LogP contribution is -2.38. The molecule has 2 N–H and O–H groups in total. The fourth-order valence-electron chi connectivity index (χ4n) is 1.78. The SMILES string of the molecule is CC(C)(C)C(C)(O)C#Cc1cccc(CCCNC(=O)C(F)(F)F)c1. The van der Waals surface area contributed by atoms with Gasteiger partial charge < -0.3 is 10.4 Å². The Morgan fingerprint density at radius 1 is 1.20 bits per heavy atom. The third-order valence-corrected chi connectivity index (χ3v) is 4.02. The van der Waals surface area contributed by atoms with Crippen molar-refractivity contribution < 1.29 is 23.1 Å². The fraction of sp³-hybridized carbons (Fsp3) is 0.526. The van der Waals surface area contributed by atoms with Crippen molar-refractivity contribution in [2.24, 2.45) is 5.41 Å². The minimum atomic E-state index is -4.85. The summed E-state index contributed by atoms with van der Waals surface area (Å²) >= 11 is 0. The van der Waals surface area contributed by atoms with Crippen LogP contribution in [0.5, 0.6) is 0 Å². The quantitative estimate of drug-likeness (QED) is 0.642. The van der Waals surface area contributed by atoms with Gasteiger partial charge in [-0.1, -0.05) is 44.7 Å². The van der Waals surface area contributed by atoms with Crippen LogP contribution in [0.1, 0.15) is 45.2 Å². The maximum absolute atomic E-state index is 12.1. The summed E-state index contributed by atoms with van der Waals surface area (Å²) < 4.78 is 36.2. The lowest BCUT2D eigenvalue weighted by atomic mass is 9.78. The summed E-state index contributed by atoms with van der Waals surface area (Å²) in [5.74, 6) is 3.89. The Hall–Kier alpha value is -2.00. The third-order valence-electron chi connectivity index (χ3n) is 4.02. The van der Waals surface area contributed by atoms with Crippen molar-refractivity contribution in [1.29, 1.82) is 0 Å². The molecule has 1 amide bonds. The van der Waals surface area contributed by atoms with Gasteiger partial charge in [0.1, 0.15) is 5.60 Å². The smallest absolute Gasteiger partial charge is 0.377 e. The van der Waals surface area contributed by atoms with E-state index in [1.54, 1.807) is 19.1 Å². The van der Waals surface area contributed by atoms with Crippen molar-refractivity contribution in [2.45, 2.75) is 52.3 Å². The van der Waals surface area contributed by atoms with E-state index in [1.165, 1.54) is 0 Å². The van der Waals surface area contributed by atoms with E-state index in [1.807, 2.05) is 38.2 Å². The van der Waals surface area contributed by atoms with Crippen LogP contribution < -0.4 is 5.32 Å². The summed E-state index contributed by atoms with van der Waals surface area (Å²) in [4.78, 5) is 10.7. The molecule has 1 rings (SSSR count). The van der Waals surface area contributed by atoms with Gasteiger partial charge in [0.2, 0.25) is 0 Å². The van der Waals surface area contributed by atoms with Gasteiger partial charge >= 0.3 is 12.1 Å². The largest absolute Gasteiger partial charge is 0.471 e. The molecule has 0 aliphatic carbocycles. The van der Waals surface area contributed by atoms with E-state index in [0.29, 0.717) is 12.8 Å². The highest BCUT2D eigenvalue weighted by Crippen LogP contribution is 2.29. The predicted octanol–water partition coefficient (Wildman–Crippen LogP) is 3.45. The van der Waals surface area contributed by atoms with Crippen molar-refractivity contribution in [3.63, 3.8) is 0 Å². The maximum Gasteiger partial charge on any atom is 0.471 e. The van der Waals surface area contributed by atoms with Crippen LogP contribution in [0.3, 0.4) is 0 Å². The molecule has 1 atom stereocenters. The number of nitrogens with one attached hydrogen (secondary N) is 1. The monoisotopic (exact) mass is 355 g/mol. The van der Waals surface area contributed by atoms with Gasteiger partial charge in [0.25, 0.3) is 0 Å². The summed E-state index contributed by atoms with van der Waals surface area (Å²) in [6.07, 6.45) is -3.94. The summed E-state index contributed by atoms with van der Waals surface area (Å²) in [5.41, 5.74) is 0.0870. The van der Waals surface area contributed by atoms with Crippen LogP contribution in [-0.4, -0.2) is 29.3 Å². The van der Waals surface area contributed by atoms with E-state index in [2.05, 4.69) is 11.8 Å². The van der Waals surface area contributed by atoms with Gasteiger partial charge in [0, 0.05) is 17.5 Å². The molecule has 1 aromatic rings. The third kappa shape index (κ3) is 6.79. The van der Waals surface area contributed by atoms with Crippen LogP contribution in [0, 0.1) is 17.3 Å². The first-order valence-electron chi connectivity index (χ1n) is 8.02. The molecule has 6 heteroatoms. The molecule has 25 heavy (non-hydrogen) atoms. The summed E-state index contributed by atoms with van der Waals surface area (Å²) in [6.45, 7) is 7.30. The van der Waals surface area contributed by atoms with E-state index in [4.69, 9.17) is 0 Å². The zero-order valence-electron chi connectivity index (χ0n) is 14.9. The van der Waals surface area contributed by atoms with Crippen molar-refractivity contribution in [1.82, 2.24) is 5.32 Å². The van der Waals surface area contributed by atoms with Crippen LogP contribution in [-0.2, 0) is 11.2 Å². The average molecular weight is 355 g/mol. The molecular weight excluding hydrogens is 331 g/mol. The number of aryl methyl sites for hydroxylation is 1. The van der Waals surface area contributed by atoms with Gasteiger partial charge in [-0.15, -0.1) is 0 Å². The molecule has 0 radical (unpaired) electrons. The van der Waals surface area contributed by atoms with Gasteiger partial charge in [-0.05, 0) is 37.5 Å². The molecule has 0 aliphatic heterocycles. The maximum atomic E-state index is 12.1. The number of alkyl halides is 3. The number of hydrogen-bond donors (Lipinski definition) is 2. The molecule has 3 nitrogen and oxygen atoms in total. The molecule has 0 heterocycles. The number of carbonyl (C=O) groups excluding carboxylic acids is 1. The second-order valence-corrected chi connectivity index (χ2v) is 7.13. The highest BCUT2D eigenvalue weighted by molar-refractivity contribution is 5.81. The summed E-state index contributed by atoms with van der Waals surface area (Å²) in [5, 5.41) is 12.2. The van der Waals surface area contributed by atoms with E-state index >= 15 is 0 Å². The Bertz CT molecular complexity index is 662. The van der Waals surface area contributed by atoms with Gasteiger partial charge in [-0.25, -0.2) is 0 Å². The molecule has 138 valence electrons. The van der Waals surface area contributed by atoms with E-state index < -0.39 is 23.1 Å². The molecule has 0 aromatic heterocycles. The number of amides is 1. The second kappa shape index (κ2) is 7.92. The highest BCUT2D eigenvalue weighted by atomic mass is 19.4. The van der Waals surface area contributed by atoms with E-state index in [-0.39, 0.29) is 6.54 Å². The second-order valence-electron chi connectivity index (χ2n) is 7.13. The number of rotatable bonds is 4.